The number of amides is 1. The molecule has 1 saturated heterocycles. The average Bonchev–Trinajstić information content (AvgIpc) is 2.63. The summed E-state index contributed by atoms with van der Waals surface area (Å²) in [7, 11) is 0. The van der Waals surface area contributed by atoms with Crippen molar-refractivity contribution < 1.29 is 18.7 Å². The first-order chi connectivity index (χ1) is 12.5. The number of hydrogen-bond donors (Lipinski definition) is 1. The molecule has 1 heterocycles. The standard InChI is InChI=1S/C20H31FN2O3/c1-16(2)13-18(23-8-11-25-12-9-23)15-22-20(24)7-4-10-26-19-6-3-5-17(21)14-19/h3,5-6,14,16,18H,4,7-13,15H2,1-2H3,(H,22,24). The van der Waals surface area contributed by atoms with Crippen molar-refractivity contribution in [1.29, 1.82) is 0 Å². The van der Waals surface area contributed by atoms with Gasteiger partial charge in [-0.05, 0) is 30.9 Å². The van der Waals surface area contributed by atoms with Gasteiger partial charge < -0.3 is 14.8 Å². The van der Waals surface area contributed by atoms with Gasteiger partial charge in [-0.3, -0.25) is 9.69 Å². The van der Waals surface area contributed by atoms with Gasteiger partial charge in [-0.15, -0.1) is 0 Å². The van der Waals surface area contributed by atoms with E-state index in [0.29, 0.717) is 43.7 Å². The molecular weight excluding hydrogens is 335 g/mol. The van der Waals surface area contributed by atoms with Crippen LogP contribution in [0.5, 0.6) is 5.75 Å². The highest BCUT2D eigenvalue weighted by molar-refractivity contribution is 5.75. The molecule has 6 heteroatoms. The Balaban J connectivity index is 1.66. The Morgan fingerprint density at radius 1 is 1.35 bits per heavy atom. The van der Waals surface area contributed by atoms with Crippen LogP contribution >= 0.6 is 0 Å². The number of morpholine rings is 1. The fraction of sp³-hybridized carbons (Fsp3) is 0.650. The summed E-state index contributed by atoms with van der Waals surface area (Å²) < 4.78 is 24.0. The molecule has 0 radical (unpaired) electrons. The zero-order chi connectivity index (χ0) is 18.8. The smallest absolute Gasteiger partial charge is 0.220 e. The lowest BCUT2D eigenvalue weighted by atomic mass is 10.0. The monoisotopic (exact) mass is 366 g/mol. The lowest BCUT2D eigenvalue weighted by Gasteiger charge is -2.35. The molecule has 1 atom stereocenters. The van der Waals surface area contributed by atoms with Crippen molar-refractivity contribution in [2.24, 2.45) is 5.92 Å². The summed E-state index contributed by atoms with van der Waals surface area (Å²) in [5.74, 6) is 0.795. The Labute approximate surface area is 155 Å². The molecule has 1 N–H and O–H groups in total. The maximum absolute atomic E-state index is 13.1. The molecule has 26 heavy (non-hydrogen) atoms. The van der Waals surface area contributed by atoms with Gasteiger partial charge in [-0.1, -0.05) is 19.9 Å². The molecule has 1 unspecified atom stereocenters. The number of carbonyl (C=O) groups is 1. The van der Waals surface area contributed by atoms with Crippen molar-refractivity contribution in [2.75, 3.05) is 39.5 Å². The SMILES string of the molecule is CC(C)CC(CNC(=O)CCCOc1cccc(F)c1)N1CCOCC1. The topological polar surface area (TPSA) is 50.8 Å². The Morgan fingerprint density at radius 3 is 2.81 bits per heavy atom. The van der Waals surface area contributed by atoms with E-state index in [9.17, 15) is 9.18 Å². The molecule has 2 rings (SSSR count). The average molecular weight is 366 g/mol. The minimum absolute atomic E-state index is 0.0369. The van der Waals surface area contributed by atoms with Crippen molar-refractivity contribution in [1.82, 2.24) is 10.2 Å². The van der Waals surface area contributed by atoms with Crippen molar-refractivity contribution >= 4 is 5.91 Å². The van der Waals surface area contributed by atoms with Crippen LogP contribution in [0.1, 0.15) is 33.1 Å². The van der Waals surface area contributed by atoms with Crippen molar-refractivity contribution in [2.45, 2.75) is 39.2 Å². The molecule has 1 fully saturated rings. The molecule has 1 amide bonds. The molecule has 0 aromatic heterocycles. The first-order valence-corrected chi connectivity index (χ1v) is 9.51. The maximum atomic E-state index is 13.1. The molecule has 0 aliphatic carbocycles. The second-order valence-corrected chi connectivity index (χ2v) is 7.15. The highest BCUT2D eigenvalue weighted by Crippen LogP contribution is 2.14. The largest absolute Gasteiger partial charge is 0.493 e. The van der Waals surface area contributed by atoms with E-state index < -0.39 is 0 Å². The first-order valence-electron chi connectivity index (χ1n) is 9.51. The molecule has 1 aromatic carbocycles. The van der Waals surface area contributed by atoms with Crippen LogP contribution in [-0.4, -0.2) is 56.3 Å². The zero-order valence-electron chi connectivity index (χ0n) is 15.9. The van der Waals surface area contributed by atoms with Gasteiger partial charge in [0.15, 0.2) is 0 Å². The Bertz CT molecular complexity index is 548. The molecule has 0 bridgehead atoms. The molecular formula is C20H31FN2O3. The molecule has 1 aliphatic rings. The van der Waals surface area contributed by atoms with Gasteiger partial charge in [0.05, 0.1) is 19.8 Å². The van der Waals surface area contributed by atoms with E-state index >= 15 is 0 Å². The van der Waals surface area contributed by atoms with Gasteiger partial charge >= 0.3 is 0 Å². The number of hydrogen-bond acceptors (Lipinski definition) is 4. The maximum Gasteiger partial charge on any atom is 0.220 e. The number of halogens is 1. The molecule has 0 saturated carbocycles. The molecule has 1 aliphatic heterocycles. The molecule has 146 valence electrons. The number of carbonyl (C=O) groups excluding carboxylic acids is 1. The van der Waals surface area contributed by atoms with Crippen molar-refractivity contribution in [3.63, 3.8) is 0 Å². The highest BCUT2D eigenvalue weighted by Gasteiger charge is 2.22. The van der Waals surface area contributed by atoms with E-state index in [1.54, 1.807) is 12.1 Å². The number of rotatable bonds is 10. The van der Waals surface area contributed by atoms with E-state index in [1.807, 2.05) is 0 Å². The number of nitrogens with zero attached hydrogens (tertiary/aromatic N) is 1. The van der Waals surface area contributed by atoms with Crippen LogP contribution in [0.15, 0.2) is 24.3 Å². The second-order valence-electron chi connectivity index (χ2n) is 7.15. The van der Waals surface area contributed by atoms with Crippen LogP contribution in [0.2, 0.25) is 0 Å². The van der Waals surface area contributed by atoms with Gasteiger partial charge in [-0.2, -0.15) is 0 Å². The predicted molar refractivity (Wildman–Crippen MR) is 99.8 cm³/mol. The van der Waals surface area contributed by atoms with E-state index in [1.165, 1.54) is 12.1 Å². The minimum Gasteiger partial charge on any atom is -0.493 e. The van der Waals surface area contributed by atoms with Gasteiger partial charge in [0, 0.05) is 38.2 Å². The summed E-state index contributed by atoms with van der Waals surface area (Å²) in [5.41, 5.74) is 0. The minimum atomic E-state index is -0.320. The normalized spacial score (nSPS) is 16.5. The summed E-state index contributed by atoms with van der Waals surface area (Å²) in [4.78, 5) is 14.5. The van der Waals surface area contributed by atoms with Gasteiger partial charge in [0.25, 0.3) is 0 Å². The van der Waals surface area contributed by atoms with Crippen molar-refractivity contribution in [3.8, 4) is 5.75 Å². The molecule has 1 aromatic rings. The third kappa shape index (κ3) is 7.70. The summed E-state index contributed by atoms with van der Waals surface area (Å²) in [6.07, 6.45) is 2.07. The highest BCUT2D eigenvalue weighted by atomic mass is 19.1. The summed E-state index contributed by atoms with van der Waals surface area (Å²) >= 11 is 0. The lowest BCUT2D eigenvalue weighted by molar-refractivity contribution is -0.121. The summed E-state index contributed by atoms with van der Waals surface area (Å²) in [5, 5.41) is 3.06. The van der Waals surface area contributed by atoms with Crippen LogP contribution in [-0.2, 0) is 9.53 Å². The molecule has 5 nitrogen and oxygen atoms in total. The van der Waals surface area contributed by atoms with E-state index in [0.717, 1.165) is 32.7 Å². The van der Waals surface area contributed by atoms with Gasteiger partial charge in [0.2, 0.25) is 5.91 Å². The van der Waals surface area contributed by atoms with Gasteiger partial charge in [0.1, 0.15) is 11.6 Å². The van der Waals surface area contributed by atoms with Crippen LogP contribution in [0.25, 0.3) is 0 Å². The third-order valence-corrected chi connectivity index (χ3v) is 4.45. The zero-order valence-corrected chi connectivity index (χ0v) is 15.9. The fourth-order valence-electron chi connectivity index (χ4n) is 3.15. The van der Waals surface area contributed by atoms with Crippen molar-refractivity contribution in [3.05, 3.63) is 30.1 Å². The Hall–Kier alpha value is -1.66. The fourth-order valence-corrected chi connectivity index (χ4v) is 3.15. The Kier molecular flexibility index (Phi) is 8.85. The number of benzene rings is 1. The van der Waals surface area contributed by atoms with Gasteiger partial charge in [-0.25, -0.2) is 4.39 Å². The summed E-state index contributed by atoms with van der Waals surface area (Å²) in [6, 6.07) is 6.40. The van der Waals surface area contributed by atoms with E-state index in [-0.39, 0.29) is 11.7 Å². The quantitative estimate of drug-likeness (QED) is 0.647. The van der Waals surface area contributed by atoms with E-state index in [4.69, 9.17) is 9.47 Å². The Morgan fingerprint density at radius 2 is 2.12 bits per heavy atom. The number of ether oxygens (including phenoxy) is 2. The number of nitrogens with one attached hydrogen (secondary N) is 1. The second kappa shape index (κ2) is 11.1. The predicted octanol–water partition coefficient (Wildman–Crippen LogP) is 2.85. The first kappa shape index (κ1) is 20.6. The lowest BCUT2D eigenvalue weighted by Crippen LogP contribution is -2.49. The summed E-state index contributed by atoms with van der Waals surface area (Å²) in [6.45, 7) is 8.86. The molecule has 0 spiro atoms. The third-order valence-electron chi connectivity index (χ3n) is 4.45. The van der Waals surface area contributed by atoms with Crippen LogP contribution in [0, 0.1) is 11.7 Å². The van der Waals surface area contributed by atoms with Crippen LogP contribution in [0.3, 0.4) is 0 Å². The van der Waals surface area contributed by atoms with Crippen LogP contribution < -0.4 is 10.1 Å². The van der Waals surface area contributed by atoms with E-state index in [2.05, 4.69) is 24.1 Å². The van der Waals surface area contributed by atoms with Crippen LogP contribution in [0.4, 0.5) is 4.39 Å².